The van der Waals surface area contributed by atoms with Crippen LogP contribution in [-0.2, 0) is 21.2 Å². The summed E-state index contributed by atoms with van der Waals surface area (Å²) in [6, 6.07) is 7.94. The Labute approximate surface area is 126 Å². The normalized spacial score (nSPS) is 20.6. The first-order valence-electron chi connectivity index (χ1n) is 7.08. The molecule has 116 valence electrons. The van der Waals surface area contributed by atoms with Crippen LogP contribution in [0.2, 0.25) is 0 Å². The number of likely N-dealkylation sites (N-methyl/N-ethyl adjacent to an activating group) is 1. The summed E-state index contributed by atoms with van der Waals surface area (Å²) in [6.07, 6.45) is 0.615. The number of carbonyl (C=O) groups is 1. The number of carbonyl (C=O) groups excluding carboxylic acids is 1. The van der Waals surface area contributed by atoms with Gasteiger partial charge in [0.25, 0.3) is 0 Å². The van der Waals surface area contributed by atoms with Crippen molar-refractivity contribution in [2.45, 2.75) is 25.9 Å². The summed E-state index contributed by atoms with van der Waals surface area (Å²) in [5.41, 5.74) is 2.23. The van der Waals surface area contributed by atoms with Gasteiger partial charge in [-0.25, -0.2) is 8.42 Å². The summed E-state index contributed by atoms with van der Waals surface area (Å²) in [5.74, 6) is 0.310. The van der Waals surface area contributed by atoms with Crippen LogP contribution in [0.25, 0.3) is 0 Å². The Morgan fingerprint density at radius 2 is 2.19 bits per heavy atom. The minimum Gasteiger partial charge on any atom is -0.351 e. The molecule has 1 amide bonds. The highest BCUT2D eigenvalue weighted by molar-refractivity contribution is 7.91. The van der Waals surface area contributed by atoms with Gasteiger partial charge in [-0.2, -0.15) is 0 Å². The molecular weight excluding hydrogens is 288 g/mol. The van der Waals surface area contributed by atoms with Crippen molar-refractivity contribution in [3.63, 3.8) is 0 Å². The molecule has 0 aromatic heterocycles. The summed E-state index contributed by atoms with van der Waals surface area (Å²) < 4.78 is 22.9. The van der Waals surface area contributed by atoms with Crippen LogP contribution >= 0.6 is 0 Å². The first-order chi connectivity index (χ1) is 9.85. The first kappa shape index (κ1) is 16.0. The van der Waals surface area contributed by atoms with E-state index in [-0.39, 0.29) is 30.0 Å². The van der Waals surface area contributed by atoms with E-state index in [9.17, 15) is 13.2 Å². The molecule has 1 unspecified atom stereocenters. The van der Waals surface area contributed by atoms with Crippen molar-refractivity contribution >= 4 is 15.7 Å². The minimum atomic E-state index is -2.91. The van der Waals surface area contributed by atoms with E-state index in [2.05, 4.69) is 5.32 Å². The number of hydrogen-bond acceptors (Lipinski definition) is 4. The van der Waals surface area contributed by atoms with Gasteiger partial charge in [0.1, 0.15) is 0 Å². The molecule has 1 atom stereocenters. The molecule has 21 heavy (non-hydrogen) atoms. The second kappa shape index (κ2) is 6.58. The lowest BCUT2D eigenvalue weighted by Gasteiger charge is -2.22. The van der Waals surface area contributed by atoms with Crippen LogP contribution in [-0.4, -0.2) is 50.4 Å². The average Bonchev–Trinajstić information content (AvgIpc) is 2.77. The maximum atomic E-state index is 11.9. The molecule has 6 heteroatoms. The third-order valence-corrected chi connectivity index (χ3v) is 5.55. The highest BCUT2D eigenvalue weighted by Crippen LogP contribution is 2.16. The standard InChI is InChI=1S/C15H22N2O3S/c1-12-4-3-5-13(8-12)9-16-15(18)10-17(2)14-6-7-21(19,20)11-14/h3-5,8,14H,6-7,9-11H2,1-2H3,(H,16,18). The molecule has 0 saturated carbocycles. The number of nitrogens with zero attached hydrogens (tertiary/aromatic N) is 1. The Morgan fingerprint density at radius 3 is 2.81 bits per heavy atom. The van der Waals surface area contributed by atoms with Gasteiger partial charge in [-0.05, 0) is 26.0 Å². The number of benzene rings is 1. The number of nitrogens with one attached hydrogen (secondary N) is 1. The summed E-state index contributed by atoms with van der Waals surface area (Å²) in [4.78, 5) is 13.8. The van der Waals surface area contributed by atoms with Crippen molar-refractivity contribution in [1.82, 2.24) is 10.2 Å². The van der Waals surface area contributed by atoms with Crippen LogP contribution in [0.3, 0.4) is 0 Å². The zero-order valence-corrected chi connectivity index (χ0v) is 13.3. The molecule has 0 bridgehead atoms. The van der Waals surface area contributed by atoms with Gasteiger partial charge in [0.15, 0.2) is 9.84 Å². The highest BCUT2D eigenvalue weighted by Gasteiger charge is 2.31. The fourth-order valence-corrected chi connectivity index (χ4v) is 4.36. The number of aryl methyl sites for hydroxylation is 1. The van der Waals surface area contributed by atoms with Crippen molar-refractivity contribution in [3.05, 3.63) is 35.4 Å². The molecule has 0 radical (unpaired) electrons. The lowest BCUT2D eigenvalue weighted by Crippen LogP contribution is -2.41. The van der Waals surface area contributed by atoms with Crippen molar-refractivity contribution in [2.75, 3.05) is 25.1 Å². The van der Waals surface area contributed by atoms with Crippen LogP contribution in [0.15, 0.2) is 24.3 Å². The van der Waals surface area contributed by atoms with Gasteiger partial charge in [0.2, 0.25) is 5.91 Å². The molecule has 0 spiro atoms. The van der Waals surface area contributed by atoms with Gasteiger partial charge in [-0.1, -0.05) is 29.8 Å². The van der Waals surface area contributed by atoms with Crippen LogP contribution in [0.5, 0.6) is 0 Å². The van der Waals surface area contributed by atoms with Gasteiger partial charge in [-0.15, -0.1) is 0 Å². The Bertz CT molecular complexity index is 613. The first-order valence-corrected chi connectivity index (χ1v) is 8.91. The Balaban J connectivity index is 1.79. The van der Waals surface area contributed by atoms with E-state index < -0.39 is 9.84 Å². The number of amides is 1. The zero-order chi connectivity index (χ0) is 15.5. The molecule has 1 fully saturated rings. The maximum Gasteiger partial charge on any atom is 0.234 e. The van der Waals surface area contributed by atoms with Crippen molar-refractivity contribution in [2.24, 2.45) is 0 Å². The quantitative estimate of drug-likeness (QED) is 0.871. The second-order valence-electron chi connectivity index (χ2n) is 5.74. The lowest BCUT2D eigenvalue weighted by atomic mass is 10.1. The van der Waals surface area contributed by atoms with E-state index in [1.54, 1.807) is 7.05 Å². The molecule has 1 aromatic rings. The van der Waals surface area contributed by atoms with Crippen molar-refractivity contribution in [1.29, 1.82) is 0 Å². The third-order valence-electron chi connectivity index (χ3n) is 3.80. The third kappa shape index (κ3) is 4.82. The van der Waals surface area contributed by atoms with Gasteiger partial charge < -0.3 is 5.32 Å². The fraction of sp³-hybridized carbons (Fsp3) is 0.533. The predicted molar refractivity (Wildman–Crippen MR) is 82.7 cm³/mol. The molecule has 1 heterocycles. The summed E-state index contributed by atoms with van der Waals surface area (Å²) in [5, 5.41) is 2.87. The molecule has 2 rings (SSSR count). The summed E-state index contributed by atoms with van der Waals surface area (Å²) in [6.45, 7) is 2.74. The summed E-state index contributed by atoms with van der Waals surface area (Å²) >= 11 is 0. The highest BCUT2D eigenvalue weighted by atomic mass is 32.2. The van der Waals surface area contributed by atoms with E-state index >= 15 is 0 Å². The molecule has 1 N–H and O–H groups in total. The monoisotopic (exact) mass is 310 g/mol. The Morgan fingerprint density at radius 1 is 1.43 bits per heavy atom. The van der Waals surface area contributed by atoms with E-state index in [4.69, 9.17) is 0 Å². The summed E-state index contributed by atoms with van der Waals surface area (Å²) in [7, 11) is -1.11. The van der Waals surface area contributed by atoms with Gasteiger partial charge in [0, 0.05) is 12.6 Å². The Hall–Kier alpha value is -1.40. The molecule has 1 saturated heterocycles. The largest absolute Gasteiger partial charge is 0.351 e. The molecule has 1 aliphatic rings. The molecule has 5 nitrogen and oxygen atoms in total. The molecule has 1 aromatic carbocycles. The fourth-order valence-electron chi connectivity index (χ4n) is 2.56. The predicted octanol–water partition coefficient (Wildman–Crippen LogP) is 0.730. The SMILES string of the molecule is Cc1cccc(CNC(=O)CN(C)C2CCS(=O)(=O)C2)c1. The van der Waals surface area contributed by atoms with E-state index in [0.717, 1.165) is 11.1 Å². The molecule has 0 aliphatic carbocycles. The van der Waals surface area contributed by atoms with Crippen LogP contribution in [0, 0.1) is 6.92 Å². The van der Waals surface area contributed by atoms with Gasteiger partial charge in [0.05, 0.1) is 18.1 Å². The van der Waals surface area contributed by atoms with Gasteiger partial charge >= 0.3 is 0 Å². The zero-order valence-electron chi connectivity index (χ0n) is 12.5. The Kier molecular flexibility index (Phi) is 5.00. The smallest absolute Gasteiger partial charge is 0.234 e. The van der Waals surface area contributed by atoms with Crippen molar-refractivity contribution < 1.29 is 13.2 Å². The van der Waals surface area contributed by atoms with Gasteiger partial charge in [-0.3, -0.25) is 9.69 Å². The number of rotatable bonds is 5. The number of sulfone groups is 1. The van der Waals surface area contributed by atoms with E-state index in [1.807, 2.05) is 36.1 Å². The van der Waals surface area contributed by atoms with Crippen molar-refractivity contribution in [3.8, 4) is 0 Å². The van der Waals surface area contributed by atoms with Crippen LogP contribution < -0.4 is 5.32 Å². The van der Waals surface area contributed by atoms with Crippen LogP contribution in [0.4, 0.5) is 0 Å². The average molecular weight is 310 g/mol. The number of hydrogen-bond donors (Lipinski definition) is 1. The second-order valence-corrected chi connectivity index (χ2v) is 7.97. The van der Waals surface area contributed by atoms with E-state index in [1.165, 1.54) is 0 Å². The topological polar surface area (TPSA) is 66.5 Å². The maximum absolute atomic E-state index is 11.9. The lowest BCUT2D eigenvalue weighted by molar-refractivity contribution is -0.122. The van der Waals surface area contributed by atoms with Crippen LogP contribution in [0.1, 0.15) is 17.5 Å². The minimum absolute atomic E-state index is 0.0419. The molecular formula is C15H22N2O3S. The van der Waals surface area contributed by atoms with E-state index in [0.29, 0.717) is 13.0 Å². The molecule has 1 aliphatic heterocycles.